The number of aliphatic hydroxyl groups excluding tert-OH is 2. The Hall–Kier alpha value is 10.7. The standard InChI is InChI=1S/C29H70O10P30/c1-15-18(37-57(41)68(64(50)51)69(65(52)53)66(54)55)12-29-24(35-25(32)36-29)23-27(4,11-19(22(15)26(29,2)3)38-59(62(46)47)67(56-40)63(48)49)21(39-58(60(42)43)61(44)45)10-20(31)28(23,14-30)34-13-16-6-8-17(33-5)9-7-16/h6-9,18-21,23-24,30-31,56H,10-14,40-55H2,1-5H3/t18-,19+,20+,21-,23-,24-,27+,28?,29+,57?,59?,67?,68?/m0/s1. The van der Waals surface area contributed by atoms with Crippen molar-refractivity contribution in [1.29, 1.82) is 0 Å². The van der Waals surface area contributed by atoms with Gasteiger partial charge in [0.25, 0.3) is 0 Å². The van der Waals surface area contributed by atoms with Gasteiger partial charge in [0.05, 0.1) is 67.3 Å². The smallest absolute Gasteiger partial charge is 0.497 e. The van der Waals surface area contributed by atoms with Gasteiger partial charge in [0.15, 0.2) is 11.7 Å². The summed E-state index contributed by atoms with van der Waals surface area (Å²) in [7, 11) is 48.7. The second-order valence-electron chi connectivity index (χ2n) is 17.1. The van der Waals surface area contributed by atoms with Crippen LogP contribution in [-0.4, -0.2) is 71.8 Å². The van der Waals surface area contributed by atoms with E-state index in [1.807, 2.05) is 24.3 Å². The van der Waals surface area contributed by atoms with Crippen molar-refractivity contribution >= 4 is 249 Å². The van der Waals surface area contributed by atoms with E-state index in [1.165, 1.54) is 0 Å². The fraction of sp³-hybridized carbons (Fsp3) is 0.690. The van der Waals surface area contributed by atoms with Gasteiger partial charge in [-0.25, -0.2) is 4.79 Å². The van der Waals surface area contributed by atoms with E-state index in [4.69, 9.17) is 32.5 Å². The van der Waals surface area contributed by atoms with Crippen LogP contribution in [0.4, 0.5) is 4.79 Å². The number of rotatable bonds is 22. The molecule has 0 aromatic heterocycles. The summed E-state index contributed by atoms with van der Waals surface area (Å²) >= 11 is 0. The summed E-state index contributed by atoms with van der Waals surface area (Å²) in [5.41, 5.74) is -1.73. The number of aliphatic hydroxyl groups is 2. The summed E-state index contributed by atoms with van der Waals surface area (Å²) in [6.07, 6.45) is -3.50. The minimum atomic E-state index is -1.64. The van der Waals surface area contributed by atoms with Crippen LogP contribution in [0.3, 0.4) is 0 Å². The zero-order valence-electron chi connectivity index (χ0n) is 38.5. The summed E-state index contributed by atoms with van der Waals surface area (Å²) < 4.78 is 49.4. The third-order valence-corrected chi connectivity index (χ3v) is 156. The largest absolute Gasteiger partial charge is 0.509 e. The molecule has 1 aromatic rings. The van der Waals surface area contributed by atoms with Gasteiger partial charge in [-0.05, 0) is 98.1 Å². The van der Waals surface area contributed by atoms with Crippen molar-refractivity contribution in [2.45, 2.75) is 95.3 Å². The fourth-order valence-electron chi connectivity index (χ4n) is 9.99. The quantitative estimate of drug-likeness (QED) is 0.0659. The maximum atomic E-state index is 14.5. The van der Waals surface area contributed by atoms with E-state index in [0.29, 0.717) is 26.5 Å². The highest BCUT2D eigenvalue weighted by atomic mass is 33.3. The van der Waals surface area contributed by atoms with E-state index < -0.39 is 143 Å². The van der Waals surface area contributed by atoms with E-state index in [1.54, 1.807) is 7.11 Å². The first-order valence-electron chi connectivity index (χ1n) is 20.3. The molecule has 2 N–H and O–H groups in total. The molecule has 3 fully saturated rings. The van der Waals surface area contributed by atoms with Crippen molar-refractivity contribution in [3.8, 4) is 5.75 Å². The molecule has 22 unspecified atom stereocenters. The number of benzene rings is 1. The fourth-order valence-corrected chi connectivity index (χ4v) is 239. The minimum Gasteiger partial charge on any atom is -0.497 e. The zero-order chi connectivity index (χ0) is 51.9. The summed E-state index contributed by atoms with van der Waals surface area (Å²) in [6, 6.07) is 7.62. The van der Waals surface area contributed by atoms with Crippen molar-refractivity contribution in [2.24, 2.45) is 16.7 Å². The van der Waals surface area contributed by atoms with Gasteiger partial charge in [0.2, 0.25) is 0 Å². The van der Waals surface area contributed by atoms with Gasteiger partial charge in [-0.3, -0.25) is 0 Å². The van der Waals surface area contributed by atoms with Crippen molar-refractivity contribution in [2.75, 3.05) is 13.7 Å². The molecule has 0 radical (unpaired) electrons. The van der Waals surface area contributed by atoms with E-state index in [9.17, 15) is 15.0 Å². The maximum absolute atomic E-state index is 14.5. The molecule has 5 rings (SSSR count). The van der Waals surface area contributed by atoms with Crippen LogP contribution < -0.4 is 4.74 Å². The van der Waals surface area contributed by atoms with Gasteiger partial charge < -0.3 is 42.7 Å². The van der Waals surface area contributed by atoms with Crippen LogP contribution in [0.1, 0.15) is 52.5 Å². The van der Waals surface area contributed by atoms with E-state index >= 15 is 0 Å². The summed E-state index contributed by atoms with van der Waals surface area (Å²) in [6.45, 7) is 3.03. The normalized spacial score (nSPS) is 32.4. The topological polar surface area (TPSA) is 122 Å². The first kappa shape index (κ1) is 70.5. The van der Waals surface area contributed by atoms with Crippen LogP contribution in [0.2, 0.25) is 0 Å². The Kier molecular flexibility index (Phi) is 31.7. The Bertz CT molecular complexity index is 1890. The van der Waals surface area contributed by atoms with Crippen molar-refractivity contribution in [1.82, 2.24) is 0 Å². The summed E-state index contributed by atoms with van der Waals surface area (Å²) in [5.74, 6) is -0.132. The van der Waals surface area contributed by atoms with Gasteiger partial charge in [-0.15, -0.1) is 134 Å². The first-order valence-corrected chi connectivity index (χ1v) is 72.5. The molecular formula is C29H70O10P30. The first-order chi connectivity index (χ1) is 32.1. The molecule has 10 nitrogen and oxygen atoms in total. The number of carbonyl (C=O) groups excluding carboxylic acids is 1. The molecule has 2 bridgehead atoms. The molecule has 0 amide bonds. The molecule has 69 heavy (non-hydrogen) atoms. The summed E-state index contributed by atoms with van der Waals surface area (Å²) in [4.78, 5) is 14.5. The van der Waals surface area contributed by atoms with E-state index in [2.05, 4.69) is 171 Å². The van der Waals surface area contributed by atoms with Crippen LogP contribution in [0.5, 0.6) is 5.75 Å². The molecule has 1 aliphatic heterocycles. The van der Waals surface area contributed by atoms with Gasteiger partial charge >= 0.3 is 6.16 Å². The second kappa shape index (κ2) is 31.0. The molecule has 2 saturated carbocycles. The molecule has 3 aliphatic carbocycles. The molecule has 4 aliphatic rings. The molecule has 1 aromatic carbocycles. The molecule has 1 saturated heterocycles. The van der Waals surface area contributed by atoms with Gasteiger partial charge in [-0.1, -0.05) is 49.8 Å². The predicted molar refractivity (Wildman–Crippen MR) is 388 cm³/mol. The van der Waals surface area contributed by atoms with Crippen LogP contribution in [-0.2, 0) is 34.4 Å². The number of hydrogen-bond acceptors (Lipinski definition) is 10. The van der Waals surface area contributed by atoms with Crippen LogP contribution in [0.15, 0.2) is 35.4 Å². The van der Waals surface area contributed by atoms with Crippen LogP contribution in [0, 0.1) is 16.7 Å². The Balaban J connectivity index is 1.87. The number of hydrogen-bond donors (Lipinski definition) is 2. The maximum Gasteiger partial charge on any atom is 0.509 e. The average molecular weight is 1510 g/mol. The molecule has 1 spiro atoms. The highest BCUT2D eigenvalue weighted by Crippen LogP contribution is 3.21. The number of carbonyl (C=O) groups is 1. The number of fused-ring (bicyclic) bond motifs is 3. The van der Waals surface area contributed by atoms with Gasteiger partial charge in [-0.2, -0.15) is 0 Å². The third kappa shape index (κ3) is 16.1. The lowest BCUT2D eigenvalue weighted by Crippen LogP contribution is -2.75. The zero-order valence-corrected chi connectivity index (χ0v) is 69.6. The Labute approximate surface area is 465 Å². The van der Waals surface area contributed by atoms with Crippen molar-refractivity contribution in [3.63, 3.8) is 0 Å². The second-order valence-corrected chi connectivity index (χ2v) is 123. The Morgan fingerprint density at radius 3 is 1.80 bits per heavy atom. The average Bonchev–Trinajstić information content (AvgIpc) is 3.58. The van der Waals surface area contributed by atoms with Crippen LogP contribution in [0.25, 0.3) is 0 Å². The third-order valence-electron chi connectivity index (χ3n) is 12.9. The van der Waals surface area contributed by atoms with Crippen molar-refractivity contribution < 1.29 is 47.5 Å². The molecule has 1 heterocycles. The van der Waals surface area contributed by atoms with Gasteiger partial charge in [0, 0.05) is 43.6 Å². The molecule has 396 valence electrons. The molecule has 30 atom stereocenters. The lowest BCUT2D eigenvalue weighted by Gasteiger charge is -2.65. The lowest BCUT2D eigenvalue weighted by molar-refractivity contribution is -0.288. The van der Waals surface area contributed by atoms with Gasteiger partial charge in [0.1, 0.15) is 11.4 Å². The molecule has 40 heteroatoms. The van der Waals surface area contributed by atoms with E-state index in [-0.39, 0.29) is 34.0 Å². The van der Waals surface area contributed by atoms with E-state index in [0.717, 1.165) is 16.7 Å². The summed E-state index contributed by atoms with van der Waals surface area (Å²) in [5, 5.41) is 25.2. The predicted octanol–water partition coefficient (Wildman–Crippen LogP) is 20.3. The minimum absolute atomic E-state index is 0.0745. The molecular weight excluding hydrogens is 1440 g/mol. The highest BCUT2D eigenvalue weighted by Gasteiger charge is 2.77. The Morgan fingerprint density at radius 2 is 1.32 bits per heavy atom. The number of methoxy groups -OCH3 is 1. The van der Waals surface area contributed by atoms with Crippen LogP contribution >= 0.6 is 243 Å². The Morgan fingerprint density at radius 1 is 0.754 bits per heavy atom. The lowest BCUT2D eigenvalue weighted by atomic mass is 9.46. The SMILES string of the molecule is COc1ccc(COC2(CO)[C@H](O)C[C@H](OP(P(P)P)P(P)P)[C@@]3(C)C[C@@H](OP(P(P)P)P(PP)P(P)P)C4=C(C)[C@@H](OP(P)P(P(P)P)P(P(P)P)P(P)P)C[C@]5(OC(=O)O[C@H]5[C@H]23)C4(C)C)cc1. The van der Waals surface area contributed by atoms with Crippen molar-refractivity contribution in [3.05, 3.63) is 41.0 Å². The highest BCUT2D eigenvalue weighted by molar-refractivity contribution is 9.25. The number of ether oxygens (including phenoxy) is 4. The monoisotopic (exact) mass is 1510 g/mol.